The van der Waals surface area contributed by atoms with Crippen molar-refractivity contribution in [1.82, 2.24) is 5.32 Å². The largest absolute Gasteiger partial charge is 0.457 e. The van der Waals surface area contributed by atoms with Crippen molar-refractivity contribution in [3.05, 3.63) is 58.1 Å². The smallest absolute Gasteiger partial charge is 0.133 e. The van der Waals surface area contributed by atoms with E-state index in [1.54, 1.807) is 0 Å². The summed E-state index contributed by atoms with van der Waals surface area (Å²) in [6.07, 6.45) is 0. The summed E-state index contributed by atoms with van der Waals surface area (Å²) in [5.41, 5.74) is 3.69. The zero-order valence-electron chi connectivity index (χ0n) is 13.0. The second-order valence-electron chi connectivity index (χ2n) is 5.56. The van der Waals surface area contributed by atoms with Crippen LogP contribution in [0.5, 0.6) is 11.5 Å². The van der Waals surface area contributed by atoms with Crippen LogP contribution in [0.15, 0.2) is 36.4 Å². The Labute approximate surface area is 132 Å². The van der Waals surface area contributed by atoms with Crippen molar-refractivity contribution in [2.24, 2.45) is 0 Å². The Morgan fingerprint density at radius 1 is 1.14 bits per heavy atom. The molecule has 0 radical (unpaired) electrons. The Balaban J connectivity index is 2.29. The van der Waals surface area contributed by atoms with Gasteiger partial charge in [0.1, 0.15) is 11.5 Å². The summed E-state index contributed by atoms with van der Waals surface area (Å²) in [5, 5.41) is 3.82. The molecule has 1 N–H and O–H groups in total. The predicted octanol–water partition coefficient (Wildman–Crippen LogP) is 5.28. The lowest BCUT2D eigenvalue weighted by Gasteiger charge is -2.14. The molecule has 0 heterocycles. The molecule has 0 saturated heterocycles. The normalized spacial score (nSPS) is 11.0. The minimum Gasteiger partial charge on any atom is -0.457 e. The van der Waals surface area contributed by atoms with Gasteiger partial charge in [-0.15, -0.1) is 0 Å². The number of hydrogen-bond acceptors (Lipinski definition) is 2. The van der Waals surface area contributed by atoms with E-state index in [4.69, 9.17) is 16.3 Å². The number of nitrogens with one attached hydrogen (secondary N) is 1. The van der Waals surface area contributed by atoms with Gasteiger partial charge in [-0.2, -0.15) is 0 Å². The maximum Gasteiger partial charge on any atom is 0.133 e. The van der Waals surface area contributed by atoms with E-state index in [1.807, 2.05) is 31.3 Å². The molecule has 21 heavy (non-hydrogen) atoms. The van der Waals surface area contributed by atoms with Gasteiger partial charge in [0, 0.05) is 17.1 Å². The Bertz CT molecular complexity index is 623. The standard InChI is InChI=1S/C18H22ClNO/c1-12(2)17-8-7-16(9-13(17)3)21-18-10-15(19)6-5-14(18)11-20-4/h5-10,12,20H,11H2,1-4H3. The van der Waals surface area contributed by atoms with Crippen LogP contribution in [0.1, 0.15) is 36.5 Å². The third-order valence-electron chi connectivity index (χ3n) is 3.49. The number of rotatable bonds is 5. The van der Waals surface area contributed by atoms with Crippen molar-refractivity contribution in [3.8, 4) is 11.5 Å². The first-order valence-corrected chi connectivity index (χ1v) is 7.60. The van der Waals surface area contributed by atoms with E-state index in [0.29, 0.717) is 10.9 Å². The first-order valence-electron chi connectivity index (χ1n) is 7.22. The van der Waals surface area contributed by atoms with E-state index in [2.05, 4.69) is 38.2 Å². The molecule has 2 rings (SSSR count). The van der Waals surface area contributed by atoms with Gasteiger partial charge in [-0.05, 0) is 55.3 Å². The van der Waals surface area contributed by atoms with Crippen molar-refractivity contribution >= 4 is 11.6 Å². The molecule has 112 valence electrons. The molecule has 2 aromatic rings. The van der Waals surface area contributed by atoms with E-state index in [1.165, 1.54) is 11.1 Å². The average molecular weight is 304 g/mol. The minimum absolute atomic E-state index is 0.519. The molecule has 0 aliphatic rings. The van der Waals surface area contributed by atoms with Gasteiger partial charge in [0.15, 0.2) is 0 Å². The maximum atomic E-state index is 6.08. The first kappa shape index (κ1) is 15.9. The van der Waals surface area contributed by atoms with Gasteiger partial charge in [0.2, 0.25) is 0 Å². The second-order valence-corrected chi connectivity index (χ2v) is 5.99. The second kappa shape index (κ2) is 6.97. The van der Waals surface area contributed by atoms with Crippen LogP contribution in [0.4, 0.5) is 0 Å². The topological polar surface area (TPSA) is 21.3 Å². The van der Waals surface area contributed by atoms with Gasteiger partial charge in [-0.3, -0.25) is 0 Å². The van der Waals surface area contributed by atoms with Crippen molar-refractivity contribution in [2.45, 2.75) is 33.2 Å². The SMILES string of the molecule is CNCc1ccc(Cl)cc1Oc1ccc(C(C)C)c(C)c1. The van der Waals surface area contributed by atoms with Crippen LogP contribution < -0.4 is 10.1 Å². The van der Waals surface area contributed by atoms with Crippen LogP contribution >= 0.6 is 11.6 Å². The van der Waals surface area contributed by atoms with E-state index in [-0.39, 0.29) is 0 Å². The van der Waals surface area contributed by atoms with Crippen LogP contribution in [-0.2, 0) is 6.54 Å². The zero-order valence-corrected chi connectivity index (χ0v) is 13.8. The van der Waals surface area contributed by atoms with Gasteiger partial charge >= 0.3 is 0 Å². The molecule has 3 heteroatoms. The highest BCUT2D eigenvalue weighted by atomic mass is 35.5. The Kier molecular flexibility index (Phi) is 5.27. The van der Waals surface area contributed by atoms with E-state index in [0.717, 1.165) is 23.6 Å². The fourth-order valence-corrected chi connectivity index (χ4v) is 2.61. The molecule has 2 nitrogen and oxygen atoms in total. The molecule has 0 spiro atoms. The lowest BCUT2D eigenvalue weighted by atomic mass is 9.98. The number of aryl methyl sites for hydroxylation is 1. The molecule has 0 fully saturated rings. The highest BCUT2D eigenvalue weighted by Crippen LogP contribution is 2.30. The predicted molar refractivity (Wildman–Crippen MR) is 89.6 cm³/mol. The highest BCUT2D eigenvalue weighted by molar-refractivity contribution is 6.30. The monoisotopic (exact) mass is 303 g/mol. The molecule has 0 amide bonds. The third-order valence-corrected chi connectivity index (χ3v) is 3.72. The third kappa shape index (κ3) is 3.99. The number of hydrogen-bond donors (Lipinski definition) is 1. The quantitative estimate of drug-likeness (QED) is 0.811. The summed E-state index contributed by atoms with van der Waals surface area (Å²) in [5.74, 6) is 2.16. The summed E-state index contributed by atoms with van der Waals surface area (Å²) < 4.78 is 6.03. The molecular formula is C18H22ClNO. The first-order chi connectivity index (χ1) is 10.0. The molecule has 0 unspecified atom stereocenters. The fraction of sp³-hybridized carbons (Fsp3) is 0.333. The van der Waals surface area contributed by atoms with Gasteiger partial charge < -0.3 is 10.1 Å². The lowest BCUT2D eigenvalue weighted by molar-refractivity contribution is 0.473. The molecule has 0 bridgehead atoms. The molecule has 0 aliphatic heterocycles. The van der Waals surface area contributed by atoms with Crippen LogP contribution in [-0.4, -0.2) is 7.05 Å². The van der Waals surface area contributed by atoms with Crippen molar-refractivity contribution in [3.63, 3.8) is 0 Å². The zero-order chi connectivity index (χ0) is 15.4. The molecule has 0 aromatic heterocycles. The minimum atomic E-state index is 0.519. The average Bonchev–Trinajstić information content (AvgIpc) is 2.41. The van der Waals surface area contributed by atoms with Crippen molar-refractivity contribution in [2.75, 3.05) is 7.05 Å². The summed E-state index contributed by atoms with van der Waals surface area (Å²) in [4.78, 5) is 0. The van der Waals surface area contributed by atoms with Gasteiger partial charge in [-0.25, -0.2) is 0 Å². The molecule has 0 saturated carbocycles. The van der Waals surface area contributed by atoms with Crippen LogP contribution in [0.2, 0.25) is 5.02 Å². The summed E-state index contributed by atoms with van der Waals surface area (Å²) in [7, 11) is 1.92. The Morgan fingerprint density at radius 2 is 1.90 bits per heavy atom. The summed E-state index contributed by atoms with van der Waals surface area (Å²) >= 11 is 6.08. The molecule has 0 atom stereocenters. The number of benzene rings is 2. The maximum absolute atomic E-state index is 6.08. The number of ether oxygens (including phenoxy) is 1. The lowest BCUT2D eigenvalue weighted by Crippen LogP contribution is -2.06. The van der Waals surface area contributed by atoms with Crippen LogP contribution in [0, 0.1) is 6.92 Å². The van der Waals surface area contributed by atoms with Crippen molar-refractivity contribution < 1.29 is 4.74 Å². The van der Waals surface area contributed by atoms with Crippen LogP contribution in [0.25, 0.3) is 0 Å². The Morgan fingerprint density at radius 3 is 2.52 bits per heavy atom. The number of halogens is 1. The van der Waals surface area contributed by atoms with Crippen molar-refractivity contribution in [1.29, 1.82) is 0 Å². The van der Waals surface area contributed by atoms with E-state index >= 15 is 0 Å². The Hall–Kier alpha value is -1.51. The molecule has 2 aromatic carbocycles. The van der Waals surface area contributed by atoms with E-state index < -0.39 is 0 Å². The molecule has 0 aliphatic carbocycles. The van der Waals surface area contributed by atoms with Gasteiger partial charge in [0.05, 0.1) is 0 Å². The van der Waals surface area contributed by atoms with Gasteiger partial charge in [-0.1, -0.05) is 37.6 Å². The molecular weight excluding hydrogens is 282 g/mol. The van der Waals surface area contributed by atoms with Gasteiger partial charge in [0.25, 0.3) is 0 Å². The van der Waals surface area contributed by atoms with E-state index in [9.17, 15) is 0 Å². The summed E-state index contributed by atoms with van der Waals surface area (Å²) in [6, 6.07) is 12.0. The van der Waals surface area contributed by atoms with Crippen LogP contribution in [0.3, 0.4) is 0 Å². The summed E-state index contributed by atoms with van der Waals surface area (Å²) in [6.45, 7) is 7.26. The fourth-order valence-electron chi connectivity index (χ4n) is 2.45. The highest BCUT2D eigenvalue weighted by Gasteiger charge is 2.08.